The van der Waals surface area contributed by atoms with Crippen LogP contribution in [-0.2, 0) is 0 Å². The molecule has 3 heterocycles. The molecule has 0 spiro atoms. The molecule has 0 atom stereocenters. The van der Waals surface area contributed by atoms with E-state index in [0.717, 1.165) is 5.69 Å². The third-order valence-corrected chi connectivity index (χ3v) is 4.35. The van der Waals surface area contributed by atoms with Crippen LogP contribution in [-0.4, -0.2) is 25.7 Å². The Morgan fingerprint density at radius 2 is 1.92 bits per heavy atom. The molecule has 130 valence electrons. The molecule has 0 saturated carbocycles. The molecule has 0 aliphatic heterocycles. The maximum absolute atomic E-state index is 12.3. The Hall–Kier alpha value is -3.61. The highest BCUT2D eigenvalue weighted by Crippen LogP contribution is 2.38. The van der Waals surface area contributed by atoms with Crippen LogP contribution < -0.4 is 5.73 Å². The minimum atomic E-state index is -0.560. The van der Waals surface area contributed by atoms with E-state index in [1.807, 2.05) is 11.5 Å². The SMILES string of the molecule is Cc1noc(C)c1-c1c(C(N)=O)c2cccnc2n1-c1ccc(O)cc1. The van der Waals surface area contributed by atoms with Crippen LogP contribution in [0, 0.1) is 13.8 Å². The van der Waals surface area contributed by atoms with Gasteiger partial charge in [-0.25, -0.2) is 4.98 Å². The normalized spacial score (nSPS) is 11.2. The van der Waals surface area contributed by atoms with Gasteiger partial charge in [0.1, 0.15) is 17.2 Å². The van der Waals surface area contributed by atoms with Crippen molar-refractivity contribution in [2.75, 3.05) is 0 Å². The summed E-state index contributed by atoms with van der Waals surface area (Å²) in [6, 6.07) is 10.2. The topological polar surface area (TPSA) is 107 Å². The molecule has 7 heteroatoms. The Kier molecular flexibility index (Phi) is 3.50. The van der Waals surface area contributed by atoms with Gasteiger partial charge < -0.3 is 15.4 Å². The van der Waals surface area contributed by atoms with E-state index in [1.165, 1.54) is 0 Å². The lowest BCUT2D eigenvalue weighted by atomic mass is 10.0. The minimum Gasteiger partial charge on any atom is -0.508 e. The van der Waals surface area contributed by atoms with Gasteiger partial charge in [-0.3, -0.25) is 9.36 Å². The quantitative estimate of drug-likeness (QED) is 0.591. The summed E-state index contributed by atoms with van der Waals surface area (Å²) in [5.74, 6) is 0.163. The number of hydrogen-bond donors (Lipinski definition) is 2. The number of aromatic hydroxyl groups is 1. The van der Waals surface area contributed by atoms with Crippen molar-refractivity contribution in [3.63, 3.8) is 0 Å². The molecule has 0 saturated heterocycles. The van der Waals surface area contributed by atoms with Crippen molar-refractivity contribution in [3.05, 3.63) is 59.6 Å². The summed E-state index contributed by atoms with van der Waals surface area (Å²) >= 11 is 0. The summed E-state index contributed by atoms with van der Waals surface area (Å²) in [6.45, 7) is 3.59. The predicted molar refractivity (Wildman–Crippen MR) is 96.2 cm³/mol. The summed E-state index contributed by atoms with van der Waals surface area (Å²) < 4.78 is 7.15. The smallest absolute Gasteiger partial charge is 0.251 e. The number of carbonyl (C=O) groups is 1. The fraction of sp³-hybridized carbons (Fsp3) is 0.105. The highest BCUT2D eigenvalue weighted by Gasteiger charge is 2.27. The van der Waals surface area contributed by atoms with Crippen molar-refractivity contribution < 1.29 is 14.4 Å². The van der Waals surface area contributed by atoms with Crippen molar-refractivity contribution >= 4 is 16.9 Å². The Bertz CT molecular complexity index is 1120. The van der Waals surface area contributed by atoms with Crippen molar-refractivity contribution in [1.82, 2.24) is 14.7 Å². The van der Waals surface area contributed by atoms with Crippen molar-refractivity contribution in [2.45, 2.75) is 13.8 Å². The summed E-state index contributed by atoms with van der Waals surface area (Å²) in [6.07, 6.45) is 1.65. The molecule has 3 aromatic heterocycles. The van der Waals surface area contributed by atoms with E-state index in [9.17, 15) is 9.90 Å². The maximum atomic E-state index is 12.3. The first kappa shape index (κ1) is 15.9. The number of nitrogens with two attached hydrogens (primary N) is 1. The van der Waals surface area contributed by atoms with Gasteiger partial charge in [0.25, 0.3) is 5.91 Å². The van der Waals surface area contributed by atoms with Gasteiger partial charge in [-0.15, -0.1) is 0 Å². The average molecular weight is 348 g/mol. The average Bonchev–Trinajstić information content (AvgIpc) is 3.12. The Labute approximate surface area is 148 Å². The molecule has 4 aromatic rings. The molecule has 0 fully saturated rings. The number of benzene rings is 1. The van der Waals surface area contributed by atoms with Gasteiger partial charge >= 0.3 is 0 Å². The molecular formula is C19H16N4O3. The molecular weight excluding hydrogens is 332 g/mol. The number of hydrogen-bond acceptors (Lipinski definition) is 5. The molecule has 26 heavy (non-hydrogen) atoms. The van der Waals surface area contributed by atoms with E-state index in [4.69, 9.17) is 10.3 Å². The zero-order valence-electron chi connectivity index (χ0n) is 14.2. The van der Waals surface area contributed by atoms with Crippen LogP contribution in [0.1, 0.15) is 21.8 Å². The molecule has 7 nitrogen and oxygen atoms in total. The Morgan fingerprint density at radius 1 is 1.19 bits per heavy atom. The molecule has 0 aliphatic rings. The summed E-state index contributed by atoms with van der Waals surface area (Å²) in [4.78, 5) is 16.8. The van der Waals surface area contributed by atoms with Gasteiger partial charge in [0.2, 0.25) is 0 Å². The van der Waals surface area contributed by atoms with Crippen LogP contribution in [0.5, 0.6) is 5.75 Å². The molecule has 4 rings (SSSR count). The Balaban J connectivity index is 2.21. The van der Waals surface area contributed by atoms with E-state index >= 15 is 0 Å². The number of nitrogens with zero attached hydrogens (tertiary/aromatic N) is 3. The molecule has 1 aromatic carbocycles. The van der Waals surface area contributed by atoms with Gasteiger partial charge in [0.15, 0.2) is 0 Å². The number of pyridine rings is 1. The van der Waals surface area contributed by atoms with Gasteiger partial charge in [-0.05, 0) is 50.2 Å². The van der Waals surface area contributed by atoms with Crippen molar-refractivity contribution in [2.24, 2.45) is 5.73 Å². The molecule has 0 unspecified atom stereocenters. The lowest BCUT2D eigenvalue weighted by Gasteiger charge is -2.11. The van der Waals surface area contributed by atoms with Gasteiger partial charge in [0, 0.05) is 17.3 Å². The molecule has 1 amide bonds. The summed E-state index contributed by atoms with van der Waals surface area (Å²) in [7, 11) is 0. The fourth-order valence-electron chi connectivity index (χ4n) is 3.28. The number of primary amides is 1. The maximum Gasteiger partial charge on any atom is 0.251 e. The zero-order chi connectivity index (χ0) is 18.4. The number of carbonyl (C=O) groups excluding carboxylic acids is 1. The Morgan fingerprint density at radius 3 is 2.54 bits per heavy atom. The first-order valence-electron chi connectivity index (χ1n) is 8.01. The molecule has 3 N–H and O–H groups in total. The summed E-state index contributed by atoms with van der Waals surface area (Å²) in [5.41, 5.74) is 9.33. The largest absolute Gasteiger partial charge is 0.508 e. The number of amides is 1. The van der Waals surface area contributed by atoms with Crippen LogP contribution in [0.3, 0.4) is 0 Å². The second-order valence-electron chi connectivity index (χ2n) is 6.01. The van der Waals surface area contributed by atoms with Crippen LogP contribution in [0.4, 0.5) is 0 Å². The standard InChI is InChI=1S/C19H16N4O3/c1-10-15(11(2)26-22-10)17-16(18(20)25)14-4-3-9-21-19(14)23(17)12-5-7-13(24)8-6-12/h3-9,24H,1-2H3,(H2,20,25). The third-order valence-electron chi connectivity index (χ3n) is 4.35. The van der Waals surface area contributed by atoms with Crippen LogP contribution in [0.25, 0.3) is 28.0 Å². The monoisotopic (exact) mass is 348 g/mol. The number of aryl methyl sites for hydroxylation is 2. The molecule has 0 radical (unpaired) electrons. The number of aromatic nitrogens is 3. The van der Waals surface area contributed by atoms with Crippen molar-refractivity contribution in [3.8, 4) is 22.7 Å². The van der Waals surface area contributed by atoms with E-state index in [-0.39, 0.29) is 5.75 Å². The number of fused-ring (bicyclic) bond motifs is 1. The van der Waals surface area contributed by atoms with E-state index in [1.54, 1.807) is 49.5 Å². The second-order valence-corrected chi connectivity index (χ2v) is 6.01. The third kappa shape index (κ3) is 2.25. The highest BCUT2D eigenvalue weighted by atomic mass is 16.5. The van der Waals surface area contributed by atoms with Gasteiger partial charge in [-0.1, -0.05) is 5.16 Å². The summed E-state index contributed by atoms with van der Waals surface area (Å²) in [5, 5.41) is 14.3. The van der Waals surface area contributed by atoms with Gasteiger partial charge in [0.05, 0.1) is 22.5 Å². The van der Waals surface area contributed by atoms with Crippen molar-refractivity contribution in [1.29, 1.82) is 0 Å². The number of rotatable bonds is 3. The van der Waals surface area contributed by atoms with Crippen LogP contribution >= 0.6 is 0 Å². The van der Waals surface area contributed by atoms with Crippen LogP contribution in [0.15, 0.2) is 47.1 Å². The first-order chi connectivity index (χ1) is 12.5. The minimum absolute atomic E-state index is 0.146. The fourth-order valence-corrected chi connectivity index (χ4v) is 3.28. The highest BCUT2D eigenvalue weighted by molar-refractivity contribution is 6.12. The van der Waals surface area contributed by atoms with Crippen LogP contribution in [0.2, 0.25) is 0 Å². The number of phenols is 1. The molecule has 0 aliphatic carbocycles. The molecule has 0 bridgehead atoms. The zero-order valence-corrected chi connectivity index (χ0v) is 14.2. The van der Waals surface area contributed by atoms with E-state index in [0.29, 0.717) is 39.3 Å². The lowest BCUT2D eigenvalue weighted by Crippen LogP contribution is -2.13. The van der Waals surface area contributed by atoms with Gasteiger partial charge in [-0.2, -0.15) is 0 Å². The first-order valence-corrected chi connectivity index (χ1v) is 8.01. The van der Waals surface area contributed by atoms with E-state index < -0.39 is 5.91 Å². The van der Waals surface area contributed by atoms with E-state index in [2.05, 4.69) is 10.1 Å². The number of phenolic OH excluding ortho intramolecular Hbond substituents is 1. The second kappa shape index (κ2) is 5.73. The lowest BCUT2D eigenvalue weighted by molar-refractivity contribution is 0.100. The predicted octanol–water partition coefficient (Wildman–Crippen LogP) is 3.10.